The first-order valence-corrected chi connectivity index (χ1v) is 6.78. The molecule has 116 valence electrons. The lowest BCUT2D eigenvalue weighted by Crippen LogP contribution is -2.23. The van der Waals surface area contributed by atoms with E-state index in [4.69, 9.17) is 0 Å². The molecule has 0 unspecified atom stereocenters. The molecule has 0 aliphatic carbocycles. The van der Waals surface area contributed by atoms with Gasteiger partial charge in [0.15, 0.2) is 0 Å². The Morgan fingerprint density at radius 1 is 1.00 bits per heavy atom. The van der Waals surface area contributed by atoms with Gasteiger partial charge in [-0.1, -0.05) is 29.3 Å². The van der Waals surface area contributed by atoms with Gasteiger partial charge in [0.1, 0.15) is 0 Å². The maximum Gasteiger partial charge on any atom is 0.416 e. The van der Waals surface area contributed by atoms with Gasteiger partial charge in [0.05, 0.1) is 5.56 Å². The van der Waals surface area contributed by atoms with Gasteiger partial charge in [-0.2, -0.15) is 13.2 Å². The highest BCUT2D eigenvalue weighted by Gasteiger charge is 2.29. The highest BCUT2D eigenvalue weighted by atomic mass is 19.4. The van der Waals surface area contributed by atoms with E-state index in [0.29, 0.717) is 11.1 Å². The number of carbonyl (C=O) groups excluding carboxylic acids is 1. The summed E-state index contributed by atoms with van der Waals surface area (Å²) in [6.07, 6.45) is -4.35. The summed E-state index contributed by atoms with van der Waals surface area (Å²) in [5.41, 5.74) is 2.44. The molecule has 2 aromatic rings. The number of rotatable bonds is 3. The van der Waals surface area contributed by atoms with E-state index in [1.54, 1.807) is 12.1 Å². The molecule has 0 atom stereocenters. The Balaban J connectivity index is 2.02. The number of halogens is 3. The van der Waals surface area contributed by atoms with Crippen LogP contribution in [0.4, 0.5) is 13.2 Å². The Hall–Kier alpha value is -2.30. The molecule has 0 aliphatic rings. The van der Waals surface area contributed by atoms with E-state index in [1.807, 2.05) is 19.9 Å². The van der Waals surface area contributed by atoms with Gasteiger partial charge in [-0.25, -0.2) is 0 Å². The van der Waals surface area contributed by atoms with E-state index >= 15 is 0 Å². The van der Waals surface area contributed by atoms with Crippen molar-refractivity contribution in [2.75, 3.05) is 0 Å². The minimum atomic E-state index is -4.35. The summed E-state index contributed by atoms with van der Waals surface area (Å²) in [6.45, 7) is 3.99. The zero-order chi connectivity index (χ0) is 16.3. The number of hydrogen-bond acceptors (Lipinski definition) is 1. The number of aryl methyl sites for hydroxylation is 2. The van der Waals surface area contributed by atoms with Crippen molar-refractivity contribution in [2.45, 2.75) is 26.6 Å². The van der Waals surface area contributed by atoms with E-state index < -0.39 is 11.7 Å². The lowest BCUT2D eigenvalue weighted by Gasteiger charge is -2.09. The summed E-state index contributed by atoms with van der Waals surface area (Å²) in [7, 11) is 0. The standard InChI is InChI=1S/C17H16F3NO/c1-11-7-12(2)9-14(8-11)16(22)21-10-13-3-5-15(6-4-13)17(18,19)20/h3-9H,10H2,1-2H3,(H,21,22). The SMILES string of the molecule is Cc1cc(C)cc(C(=O)NCc2ccc(C(F)(F)F)cc2)c1. The molecule has 2 nitrogen and oxygen atoms in total. The fourth-order valence-electron chi connectivity index (χ4n) is 2.20. The van der Waals surface area contributed by atoms with Crippen molar-refractivity contribution in [1.29, 1.82) is 0 Å². The van der Waals surface area contributed by atoms with E-state index in [0.717, 1.165) is 23.3 Å². The summed E-state index contributed by atoms with van der Waals surface area (Å²) in [5.74, 6) is -0.244. The first-order chi connectivity index (χ1) is 10.3. The van der Waals surface area contributed by atoms with Crippen LogP contribution in [0.1, 0.15) is 32.6 Å². The van der Waals surface area contributed by atoms with Crippen molar-refractivity contribution in [2.24, 2.45) is 0 Å². The van der Waals surface area contributed by atoms with Crippen LogP contribution in [0.5, 0.6) is 0 Å². The maximum atomic E-state index is 12.5. The molecular weight excluding hydrogens is 291 g/mol. The summed E-state index contributed by atoms with van der Waals surface area (Å²) in [6, 6.07) is 10.3. The van der Waals surface area contributed by atoms with Crippen LogP contribution in [0.15, 0.2) is 42.5 Å². The molecule has 0 aliphatic heterocycles. The van der Waals surface area contributed by atoms with Gasteiger partial charge in [-0.05, 0) is 43.7 Å². The van der Waals surface area contributed by atoms with Crippen molar-refractivity contribution in [3.63, 3.8) is 0 Å². The van der Waals surface area contributed by atoms with Gasteiger partial charge in [0.2, 0.25) is 0 Å². The molecule has 1 N–H and O–H groups in total. The number of carbonyl (C=O) groups is 1. The van der Waals surface area contributed by atoms with E-state index in [9.17, 15) is 18.0 Å². The van der Waals surface area contributed by atoms with Crippen molar-refractivity contribution in [3.05, 3.63) is 70.3 Å². The molecule has 2 rings (SSSR count). The predicted molar refractivity (Wildman–Crippen MR) is 78.5 cm³/mol. The van der Waals surface area contributed by atoms with Crippen LogP contribution >= 0.6 is 0 Å². The second-order valence-corrected chi connectivity index (χ2v) is 5.25. The molecular formula is C17H16F3NO. The van der Waals surface area contributed by atoms with Crippen molar-refractivity contribution in [1.82, 2.24) is 5.32 Å². The third kappa shape index (κ3) is 4.10. The molecule has 0 spiro atoms. The topological polar surface area (TPSA) is 29.1 Å². The normalized spacial score (nSPS) is 11.3. The highest BCUT2D eigenvalue weighted by Crippen LogP contribution is 2.29. The molecule has 2 aromatic carbocycles. The monoisotopic (exact) mass is 307 g/mol. The molecule has 0 aromatic heterocycles. The molecule has 22 heavy (non-hydrogen) atoms. The number of benzene rings is 2. The van der Waals surface area contributed by atoms with Gasteiger partial charge in [0.25, 0.3) is 5.91 Å². The Labute approximate surface area is 127 Å². The zero-order valence-corrected chi connectivity index (χ0v) is 12.3. The fraction of sp³-hybridized carbons (Fsp3) is 0.235. The predicted octanol–water partition coefficient (Wildman–Crippen LogP) is 4.25. The molecule has 0 saturated heterocycles. The van der Waals surface area contributed by atoms with Crippen LogP contribution in [0, 0.1) is 13.8 Å². The van der Waals surface area contributed by atoms with Crippen LogP contribution in [0.3, 0.4) is 0 Å². The Bertz CT molecular complexity index is 655. The fourth-order valence-corrected chi connectivity index (χ4v) is 2.20. The quantitative estimate of drug-likeness (QED) is 0.902. The van der Waals surface area contributed by atoms with E-state index in [1.165, 1.54) is 12.1 Å². The largest absolute Gasteiger partial charge is 0.416 e. The average molecular weight is 307 g/mol. The third-order valence-electron chi connectivity index (χ3n) is 3.22. The van der Waals surface area contributed by atoms with E-state index in [2.05, 4.69) is 5.32 Å². The lowest BCUT2D eigenvalue weighted by molar-refractivity contribution is -0.137. The van der Waals surface area contributed by atoms with Gasteiger partial charge in [-0.15, -0.1) is 0 Å². The summed E-state index contributed by atoms with van der Waals surface area (Å²) < 4.78 is 37.4. The minimum Gasteiger partial charge on any atom is -0.348 e. The molecule has 1 amide bonds. The lowest BCUT2D eigenvalue weighted by atomic mass is 10.1. The number of alkyl halides is 3. The van der Waals surface area contributed by atoms with Crippen molar-refractivity contribution in [3.8, 4) is 0 Å². The summed E-state index contributed by atoms with van der Waals surface area (Å²) in [5, 5.41) is 2.71. The summed E-state index contributed by atoms with van der Waals surface area (Å²) in [4.78, 5) is 12.1. The van der Waals surface area contributed by atoms with Crippen LogP contribution in [-0.2, 0) is 12.7 Å². The molecule has 0 fully saturated rings. The Morgan fingerprint density at radius 2 is 1.55 bits per heavy atom. The van der Waals surface area contributed by atoms with Gasteiger partial charge >= 0.3 is 6.18 Å². The van der Waals surface area contributed by atoms with Gasteiger partial charge in [-0.3, -0.25) is 4.79 Å². The number of hydrogen-bond donors (Lipinski definition) is 1. The highest BCUT2D eigenvalue weighted by molar-refractivity contribution is 5.94. The van der Waals surface area contributed by atoms with Gasteiger partial charge < -0.3 is 5.32 Å². The summed E-state index contributed by atoms with van der Waals surface area (Å²) >= 11 is 0. The third-order valence-corrected chi connectivity index (χ3v) is 3.22. The van der Waals surface area contributed by atoms with Crippen molar-refractivity contribution < 1.29 is 18.0 Å². The Morgan fingerprint density at radius 3 is 2.05 bits per heavy atom. The number of amides is 1. The second-order valence-electron chi connectivity index (χ2n) is 5.25. The molecule has 0 radical (unpaired) electrons. The molecule has 0 bridgehead atoms. The molecule has 5 heteroatoms. The first-order valence-electron chi connectivity index (χ1n) is 6.78. The minimum absolute atomic E-state index is 0.184. The van der Waals surface area contributed by atoms with Crippen LogP contribution < -0.4 is 5.32 Å². The van der Waals surface area contributed by atoms with Crippen molar-refractivity contribution >= 4 is 5.91 Å². The average Bonchev–Trinajstić information content (AvgIpc) is 2.43. The number of nitrogens with one attached hydrogen (secondary N) is 1. The second kappa shape index (κ2) is 6.22. The smallest absolute Gasteiger partial charge is 0.348 e. The van der Waals surface area contributed by atoms with E-state index in [-0.39, 0.29) is 12.5 Å². The first kappa shape index (κ1) is 16.1. The Kier molecular flexibility index (Phi) is 4.54. The molecule has 0 saturated carbocycles. The zero-order valence-electron chi connectivity index (χ0n) is 12.3. The van der Waals surface area contributed by atoms with Gasteiger partial charge in [0, 0.05) is 12.1 Å². The van der Waals surface area contributed by atoms with Crippen LogP contribution in [0.2, 0.25) is 0 Å². The van der Waals surface area contributed by atoms with Crippen LogP contribution in [-0.4, -0.2) is 5.91 Å². The maximum absolute atomic E-state index is 12.5. The molecule has 0 heterocycles. The van der Waals surface area contributed by atoms with Crippen LogP contribution in [0.25, 0.3) is 0 Å².